The molecule has 0 aliphatic carbocycles. The molecule has 0 aromatic heterocycles. The van der Waals surface area contributed by atoms with Crippen LogP contribution in [0.2, 0.25) is 0 Å². The summed E-state index contributed by atoms with van der Waals surface area (Å²) in [5, 5.41) is 0. The molecule has 0 aliphatic rings. The summed E-state index contributed by atoms with van der Waals surface area (Å²) in [4.78, 5) is 0. The number of hydrogen-bond acceptors (Lipinski definition) is 1. The van der Waals surface area contributed by atoms with Gasteiger partial charge in [-0.05, 0) is 12.8 Å². The average molecular weight is 220 g/mol. The fraction of sp³-hybridized carbons (Fsp3) is 1.00. The lowest BCUT2D eigenvalue weighted by Crippen LogP contribution is -1.88. The van der Waals surface area contributed by atoms with E-state index in [-0.39, 0.29) is 0 Å². The van der Waals surface area contributed by atoms with Gasteiger partial charge in [-0.15, -0.1) is 12.6 Å². The molecule has 0 amide bonds. The van der Waals surface area contributed by atoms with Crippen molar-refractivity contribution in [2.45, 2.75) is 76.6 Å². The molecule has 0 rings (SSSR count). The van der Waals surface area contributed by atoms with Gasteiger partial charge in [0, 0.05) is 0 Å². The van der Waals surface area contributed by atoms with E-state index in [4.69, 9.17) is 0 Å². The maximum absolute atomic E-state index is 12.3. The molecule has 2 heteroatoms. The fourth-order valence-corrected chi connectivity index (χ4v) is 1.81. The Bertz CT molecular complexity index is 104. The highest BCUT2D eigenvalue weighted by molar-refractivity contribution is 7.80. The Morgan fingerprint density at radius 1 is 0.857 bits per heavy atom. The molecule has 14 heavy (non-hydrogen) atoms. The molecule has 0 fully saturated rings. The van der Waals surface area contributed by atoms with Crippen molar-refractivity contribution in [3.05, 3.63) is 0 Å². The fourth-order valence-electron chi connectivity index (χ4n) is 1.62. The molecule has 0 nitrogen and oxygen atoms in total. The Morgan fingerprint density at radius 3 is 1.71 bits per heavy atom. The van der Waals surface area contributed by atoms with Crippen LogP contribution < -0.4 is 0 Å². The van der Waals surface area contributed by atoms with E-state index < -0.39 is 5.50 Å². The third-order valence-corrected chi connectivity index (χ3v) is 2.80. The Kier molecular flexibility index (Phi) is 11.6. The normalized spacial score (nSPS) is 13.1. The molecule has 0 spiro atoms. The SMILES string of the molecule is CCCCCCCCCCCC(F)S. The highest BCUT2D eigenvalue weighted by Crippen LogP contribution is 2.13. The van der Waals surface area contributed by atoms with Gasteiger partial charge in [0.05, 0.1) is 0 Å². The van der Waals surface area contributed by atoms with Gasteiger partial charge in [-0.3, -0.25) is 0 Å². The van der Waals surface area contributed by atoms with E-state index in [0.717, 1.165) is 6.42 Å². The second kappa shape index (κ2) is 11.4. The minimum atomic E-state index is -0.903. The lowest BCUT2D eigenvalue weighted by molar-refractivity contribution is 0.413. The zero-order valence-electron chi connectivity index (χ0n) is 9.47. The molecule has 0 heterocycles. The van der Waals surface area contributed by atoms with E-state index in [2.05, 4.69) is 19.6 Å². The number of rotatable bonds is 10. The molecule has 0 aliphatic heterocycles. The minimum Gasteiger partial charge on any atom is -0.236 e. The second-order valence-electron chi connectivity index (χ2n) is 4.05. The van der Waals surface area contributed by atoms with Crippen molar-refractivity contribution in [2.24, 2.45) is 0 Å². The average Bonchev–Trinajstić information content (AvgIpc) is 2.15. The Labute approximate surface area is 94.1 Å². The van der Waals surface area contributed by atoms with Crippen LogP contribution in [0, 0.1) is 0 Å². The van der Waals surface area contributed by atoms with Crippen molar-refractivity contribution in [3.8, 4) is 0 Å². The van der Waals surface area contributed by atoms with Crippen LogP contribution in [0.3, 0.4) is 0 Å². The van der Waals surface area contributed by atoms with E-state index >= 15 is 0 Å². The van der Waals surface area contributed by atoms with E-state index in [1.54, 1.807) is 0 Å². The van der Waals surface area contributed by atoms with Gasteiger partial charge in [0.2, 0.25) is 0 Å². The van der Waals surface area contributed by atoms with E-state index in [1.807, 2.05) is 0 Å². The maximum Gasteiger partial charge on any atom is 0.143 e. The van der Waals surface area contributed by atoms with Gasteiger partial charge in [-0.1, -0.05) is 58.3 Å². The van der Waals surface area contributed by atoms with Crippen molar-refractivity contribution in [1.29, 1.82) is 0 Å². The van der Waals surface area contributed by atoms with E-state index in [0.29, 0.717) is 6.42 Å². The number of unbranched alkanes of at least 4 members (excludes halogenated alkanes) is 8. The summed E-state index contributed by atoms with van der Waals surface area (Å²) in [6, 6.07) is 0. The van der Waals surface area contributed by atoms with Crippen molar-refractivity contribution in [3.63, 3.8) is 0 Å². The summed E-state index contributed by atoms with van der Waals surface area (Å²) in [6.07, 6.45) is 12.2. The summed E-state index contributed by atoms with van der Waals surface area (Å²) in [5.74, 6) is 0. The number of halogens is 1. The van der Waals surface area contributed by atoms with Crippen LogP contribution in [-0.4, -0.2) is 5.50 Å². The molecule has 1 atom stereocenters. The summed E-state index contributed by atoms with van der Waals surface area (Å²) in [6.45, 7) is 2.24. The summed E-state index contributed by atoms with van der Waals surface area (Å²) >= 11 is 3.71. The third kappa shape index (κ3) is 12.3. The molecule has 0 bridgehead atoms. The maximum atomic E-state index is 12.3. The first-order valence-electron chi connectivity index (χ1n) is 6.09. The lowest BCUT2D eigenvalue weighted by Gasteiger charge is -2.02. The molecule has 86 valence electrons. The molecule has 0 radical (unpaired) electrons. The van der Waals surface area contributed by atoms with Crippen LogP contribution in [0.5, 0.6) is 0 Å². The van der Waals surface area contributed by atoms with Crippen molar-refractivity contribution >= 4 is 12.6 Å². The van der Waals surface area contributed by atoms with E-state index in [9.17, 15) is 4.39 Å². The first-order chi connectivity index (χ1) is 6.77. The number of hydrogen-bond donors (Lipinski definition) is 1. The van der Waals surface area contributed by atoms with Gasteiger partial charge in [0.1, 0.15) is 5.50 Å². The number of thiol groups is 1. The monoisotopic (exact) mass is 220 g/mol. The molecular weight excluding hydrogens is 195 g/mol. The first kappa shape index (κ1) is 14.3. The molecule has 1 unspecified atom stereocenters. The first-order valence-corrected chi connectivity index (χ1v) is 6.61. The summed E-state index contributed by atoms with van der Waals surface area (Å²) in [5.41, 5.74) is -0.903. The highest BCUT2D eigenvalue weighted by Gasteiger charge is 1.97. The highest BCUT2D eigenvalue weighted by atomic mass is 32.1. The topological polar surface area (TPSA) is 0 Å². The Hall–Kier alpha value is 0.280. The minimum absolute atomic E-state index is 0.624. The van der Waals surface area contributed by atoms with Crippen LogP contribution in [0.15, 0.2) is 0 Å². The van der Waals surface area contributed by atoms with Gasteiger partial charge >= 0.3 is 0 Å². The molecular formula is C12H25FS. The standard InChI is InChI=1S/C12H25FS/c1-2-3-4-5-6-7-8-9-10-11-12(13)14/h12,14H,2-11H2,1H3. The second-order valence-corrected chi connectivity index (χ2v) is 4.61. The van der Waals surface area contributed by atoms with Crippen LogP contribution in [0.1, 0.15) is 71.1 Å². The van der Waals surface area contributed by atoms with Gasteiger partial charge in [0.25, 0.3) is 0 Å². The Balaban J connectivity index is 2.85. The third-order valence-electron chi connectivity index (χ3n) is 2.55. The van der Waals surface area contributed by atoms with Crippen LogP contribution >= 0.6 is 12.6 Å². The van der Waals surface area contributed by atoms with Gasteiger partial charge in [-0.2, -0.15) is 0 Å². The summed E-state index contributed by atoms with van der Waals surface area (Å²) < 4.78 is 12.3. The van der Waals surface area contributed by atoms with Crippen LogP contribution in [0.4, 0.5) is 4.39 Å². The zero-order chi connectivity index (χ0) is 10.6. The van der Waals surface area contributed by atoms with Gasteiger partial charge in [-0.25, -0.2) is 4.39 Å². The smallest absolute Gasteiger partial charge is 0.143 e. The van der Waals surface area contributed by atoms with Gasteiger partial charge < -0.3 is 0 Å². The van der Waals surface area contributed by atoms with Gasteiger partial charge in [0.15, 0.2) is 0 Å². The quantitative estimate of drug-likeness (QED) is 0.383. The van der Waals surface area contributed by atoms with Crippen molar-refractivity contribution in [1.82, 2.24) is 0 Å². The van der Waals surface area contributed by atoms with Crippen LogP contribution in [-0.2, 0) is 0 Å². The predicted octanol–water partition coefficient (Wildman–Crippen LogP) is 5.13. The molecule has 0 saturated carbocycles. The lowest BCUT2D eigenvalue weighted by atomic mass is 10.1. The largest absolute Gasteiger partial charge is 0.236 e. The van der Waals surface area contributed by atoms with Crippen molar-refractivity contribution < 1.29 is 4.39 Å². The molecule has 0 aromatic rings. The van der Waals surface area contributed by atoms with Crippen molar-refractivity contribution in [2.75, 3.05) is 0 Å². The Morgan fingerprint density at radius 2 is 1.29 bits per heavy atom. The molecule has 0 saturated heterocycles. The van der Waals surface area contributed by atoms with E-state index in [1.165, 1.54) is 51.4 Å². The number of alkyl halides is 1. The zero-order valence-corrected chi connectivity index (χ0v) is 10.4. The molecule has 0 aromatic carbocycles. The predicted molar refractivity (Wildman–Crippen MR) is 65.7 cm³/mol. The molecule has 0 N–H and O–H groups in total. The summed E-state index contributed by atoms with van der Waals surface area (Å²) in [7, 11) is 0. The van der Waals surface area contributed by atoms with Crippen LogP contribution in [0.25, 0.3) is 0 Å².